The van der Waals surface area contributed by atoms with Crippen LogP contribution in [0.15, 0.2) is 29.3 Å². The second-order valence-electron chi connectivity index (χ2n) is 8.04. The van der Waals surface area contributed by atoms with Crippen molar-refractivity contribution in [3.05, 3.63) is 35.7 Å². The van der Waals surface area contributed by atoms with Gasteiger partial charge in [-0.1, -0.05) is 0 Å². The summed E-state index contributed by atoms with van der Waals surface area (Å²) < 4.78 is 36.7. The van der Waals surface area contributed by atoms with E-state index in [0.717, 1.165) is 22.8 Å². The van der Waals surface area contributed by atoms with Crippen LogP contribution in [0.4, 0.5) is 11.5 Å². The second kappa shape index (κ2) is 8.23. The predicted molar refractivity (Wildman–Crippen MR) is 117 cm³/mol. The summed E-state index contributed by atoms with van der Waals surface area (Å²) in [5.41, 5.74) is 2.96. The Morgan fingerprint density at radius 1 is 1.13 bits per heavy atom. The Morgan fingerprint density at radius 2 is 1.87 bits per heavy atom. The Morgan fingerprint density at radius 3 is 2.47 bits per heavy atom. The molecule has 0 amide bonds. The van der Waals surface area contributed by atoms with E-state index in [2.05, 4.69) is 20.5 Å². The third-order valence-corrected chi connectivity index (χ3v) is 7.51. The molecule has 0 bridgehead atoms. The summed E-state index contributed by atoms with van der Waals surface area (Å²) in [6.07, 6.45) is 1.59. The standard InChI is InChI=1S/C21H28N4O4S/c1-13-14(2)24-25-20(13)23-16-9-10-22-18-15(16)7-8-17(29-12-11-28-6)19(18)30(26,27)21(3,4)5/h7-10H,11-12H2,1-6H3,(H2,22,23,24,25). The van der Waals surface area contributed by atoms with Gasteiger partial charge in [-0.3, -0.25) is 10.1 Å². The number of ether oxygens (including phenoxy) is 2. The molecule has 0 saturated heterocycles. The molecule has 0 aliphatic heterocycles. The number of H-pyrrole nitrogens is 1. The van der Waals surface area contributed by atoms with E-state index in [-0.39, 0.29) is 17.3 Å². The predicted octanol–water partition coefficient (Wildman–Crippen LogP) is 3.92. The average Bonchev–Trinajstić information content (AvgIpc) is 2.99. The molecule has 3 aromatic rings. The molecular weight excluding hydrogens is 404 g/mol. The summed E-state index contributed by atoms with van der Waals surface area (Å²) in [6, 6.07) is 5.29. The minimum Gasteiger partial charge on any atom is -0.490 e. The molecule has 2 N–H and O–H groups in total. The van der Waals surface area contributed by atoms with Crippen molar-refractivity contribution in [3.63, 3.8) is 0 Å². The SMILES string of the molecule is COCCOc1ccc2c(Nc3[nH]nc(C)c3C)ccnc2c1S(=O)(=O)C(C)(C)C. The molecule has 0 radical (unpaired) electrons. The van der Waals surface area contributed by atoms with Crippen LogP contribution in [0.25, 0.3) is 10.9 Å². The molecule has 0 spiro atoms. The Labute approximate surface area is 176 Å². The Hall–Kier alpha value is -2.65. The van der Waals surface area contributed by atoms with Crippen LogP contribution in [0.1, 0.15) is 32.0 Å². The lowest BCUT2D eigenvalue weighted by Crippen LogP contribution is -2.29. The molecule has 0 saturated carbocycles. The Balaban J connectivity index is 2.21. The first-order chi connectivity index (χ1) is 14.1. The number of methoxy groups -OCH3 is 1. The molecule has 2 heterocycles. The van der Waals surface area contributed by atoms with Crippen LogP contribution in [-0.2, 0) is 14.6 Å². The van der Waals surface area contributed by atoms with E-state index in [1.54, 1.807) is 46.2 Å². The third kappa shape index (κ3) is 3.99. The Bertz CT molecular complexity index is 1160. The minimum absolute atomic E-state index is 0.0877. The molecule has 1 aromatic carbocycles. The van der Waals surface area contributed by atoms with E-state index >= 15 is 0 Å². The van der Waals surface area contributed by atoms with Crippen molar-refractivity contribution < 1.29 is 17.9 Å². The van der Waals surface area contributed by atoms with Crippen LogP contribution < -0.4 is 10.1 Å². The van der Waals surface area contributed by atoms with Crippen molar-refractivity contribution in [2.24, 2.45) is 0 Å². The zero-order valence-corrected chi connectivity index (χ0v) is 19.0. The van der Waals surface area contributed by atoms with Crippen molar-refractivity contribution >= 4 is 32.2 Å². The van der Waals surface area contributed by atoms with Gasteiger partial charge in [0.15, 0.2) is 9.84 Å². The number of hydrogen-bond acceptors (Lipinski definition) is 7. The molecule has 30 heavy (non-hydrogen) atoms. The number of fused-ring (bicyclic) bond motifs is 1. The number of aromatic amines is 1. The normalized spacial score (nSPS) is 12.3. The molecule has 0 unspecified atom stereocenters. The number of rotatable bonds is 7. The topological polar surface area (TPSA) is 106 Å². The van der Waals surface area contributed by atoms with Crippen LogP contribution in [-0.4, -0.2) is 48.7 Å². The summed E-state index contributed by atoms with van der Waals surface area (Å²) in [7, 11) is -2.18. The third-order valence-electron chi connectivity index (χ3n) is 4.96. The lowest BCUT2D eigenvalue weighted by atomic mass is 10.1. The molecular formula is C21H28N4O4S. The smallest absolute Gasteiger partial charge is 0.189 e. The van der Waals surface area contributed by atoms with Crippen molar-refractivity contribution in [1.82, 2.24) is 15.2 Å². The van der Waals surface area contributed by atoms with E-state index in [1.165, 1.54) is 0 Å². The zero-order valence-electron chi connectivity index (χ0n) is 18.2. The zero-order chi connectivity index (χ0) is 22.1. The van der Waals surface area contributed by atoms with Gasteiger partial charge in [-0.05, 0) is 52.8 Å². The number of hydrogen-bond donors (Lipinski definition) is 2. The highest BCUT2D eigenvalue weighted by atomic mass is 32.2. The monoisotopic (exact) mass is 432 g/mol. The molecule has 2 aromatic heterocycles. The summed E-state index contributed by atoms with van der Waals surface area (Å²) in [5.74, 6) is 1.02. The fourth-order valence-corrected chi connectivity index (χ4v) is 4.36. The van der Waals surface area contributed by atoms with Gasteiger partial charge in [-0.2, -0.15) is 5.10 Å². The number of sulfone groups is 1. The van der Waals surface area contributed by atoms with E-state index in [1.807, 2.05) is 19.9 Å². The van der Waals surface area contributed by atoms with Gasteiger partial charge < -0.3 is 14.8 Å². The molecule has 8 nitrogen and oxygen atoms in total. The van der Waals surface area contributed by atoms with Gasteiger partial charge in [0.25, 0.3) is 0 Å². The number of pyridine rings is 1. The number of aromatic nitrogens is 3. The largest absolute Gasteiger partial charge is 0.490 e. The number of nitrogens with zero attached hydrogens (tertiary/aromatic N) is 2. The molecule has 0 atom stereocenters. The van der Waals surface area contributed by atoms with E-state index in [9.17, 15) is 8.42 Å². The number of anilines is 2. The van der Waals surface area contributed by atoms with E-state index < -0.39 is 14.6 Å². The average molecular weight is 433 g/mol. The minimum atomic E-state index is -3.74. The van der Waals surface area contributed by atoms with Gasteiger partial charge in [-0.25, -0.2) is 8.42 Å². The summed E-state index contributed by atoms with van der Waals surface area (Å²) in [5, 5.41) is 11.2. The number of aryl methyl sites for hydroxylation is 1. The fourth-order valence-electron chi connectivity index (χ4n) is 2.94. The van der Waals surface area contributed by atoms with Crippen molar-refractivity contribution in [2.45, 2.75) is 44.3 Å². The first-order valence-electron chi connectivity index (χ1n) is 9.64. The lowest BCUT2D eigenvalue weighted by molar-refractivity contribution is 0.145. The number of benzene rings is 1. The van der Waals surface area contributed by atoms with Gasteiger partial charge in [0, 0.05) is 24.3 Å². The first-order valence-corrected chi connectivity index (χ1v) is 11.1. The van der Waals surface area contributed by atoms with Crippen molar-refractivity contribution in [2.75, 3.05) is 25.6 Å². The van der Waals surface area contributed by atoms with Crippen molar-refractivity contribution in [3.8, 4) is 5.75 Å². The molecule has 162 valence electrons. The summed E-state index contributed by atoms with van der Waals surface area (Å²) in [4.78, 5) is 4.51. The maximum absolute atomic E-state index is 13.5. The molecule has 9 heteroatoms. The highest BCUT2D eigenvalue weighted by Gasteiger charge is 2.36. The van der Waals surface area contributed by atoms with Crippen molar-refractivity contribution in [1.29, 1.82) is 0 Å². The Kier molecular flexibility index (Phi) is 6.05. The molecule has 0 aliphatic rings. The van der Waals surface area contributed by atoms with Crippen LogP contribution in [0.2, 0.25) is 0 Å². The molecule has 0 fully saturated rings. The highest BCUT2D eigenvalue weighted by Crippen LogP contribution is 2.39. The van der Waals surface area contributed by atoms with Crippen LogP contribution in [0.3, 0.4) is 0 Å². The van der Waals surface area contributed by atoms with Gasteiger partial charge in [0.1, 0.15) is 23.1 Å². The molecule has 3 rings (SSSR count). The van der Waals surface area contributed by atoms with Gasteiger partial charge in [-0.15, -0.1) is 0 Å². The van der Waals surface area contributed by atoms with Crippen LogP contribution >= 0.6 is 0 Å². The lowest BCUT2D eigenvalue weighted by Gasteiger charge is -2.23. The highest BCUT2D eigenvalue weighted by molar-refractivity contribution is 7.93. The number of nitrogens with one attached hydrogen (secondary N) is 2. The van der Waals surface area contributed by atoms with E-state index in [4.69, 9.17) is 9.47 Å². The van der Waals surface area contributed by atoms with Crippen LogP contribution in [0.5, 0.6) is 5.75 Å². The van der Waals surface area contributed by atoms with Gasteiger partial charge in [0.2, 0.25) is 0 Å². The summed E-state index contributed by atoms with van der Waals surface area (Å²) >= 11 is 0. The van der Waals surface area contributed by atoms with Gasteiger partial charge in [0.05, 0.1) is 28.3 Å². The second-order valence-corrected chi connectivity index (χ2v) is 10.7. The maximum Gasteiger partial charge on any atom is 0.189 e. The fraction of sp³-hybridized carbons (Fsp3) is 0.429. The summed E-state index contributed by atoms with van der Waals surface area (Å²) in [6.45, 7) is 9.46. The molecule has 0 aliphatic carbocycles. The first kappa shape index (κ1) is 22.0. The quantitative estimate of drug-likeness (QED) is 0.545. The van der Waals surface area contributed by atoms with Gasteiger partial charge >= 0.3 is 0 Å². The maximum atomic E-state index is 13.5. The van der Waals surface area contributed by atoms with Crippen LogP contribution in [0, 0.1) is 13.8 Å². The van der Waals surface area contributed by atoms with E-state index in [0.29, 0.717) is 17.5 Å².